The van der Waals surface area contributed by atoms with E-state index in [1.54, 1.807) is 22.6 Å². The third kappa shape index (κ3) is 5.42. The van der Waals surface area contributed by atoms with Crippen LogP contribution in [0.1, 0.15) is 26.5 Å². The first-order valence-electron chi connectivity index (χ1n) is 7.25. The molecule has 0 spiro atoms. The first-order chi connectivity index (χ1) is 13.5. The average molecular weight is 561 g/mol. The molecule has 0 radical (unpaired) electrons. The number of anilines is 2. The topological polar surface area (TPSA) is 130 Å². The van der Waals surface area contributed by atoms with Gasteiger partial charge in [-0.2, -0.15) is 0 Å². The van der Waals surface area contributed by atoms with Crippen LogP contribution in [0.5, 0.6) is 0 Å². The Bertz CT molecular complexity index is 992. The van der Waals surface area contributed by atoms with E-state index >= 15 is 0 Å². The minimum absolute atomic E-state index is 0.0729. The zero-order chi connectivity index (χ0) is 22.5. The molecule has 0 aliphatic heterocycles. The molecular formula is C16H13Cl2F2IN4O4. The van der Waals surface area contributed by atoms with E-state index in [2.05, 4.69) is 26.0 Å². The Balaban J connectivity index is 0.000000291. The molecule has 2 aromatic rings. The van der Waals surface area contributed by atoms with Crippen molar-refractivity contribution in [1.29, 1.82) is 0 Å². The van der Waals surface area contributed by atoms with E-state index in [0.29, 0.717) is 0 Å². The van der Waals surface area contributed by atoms with Gasteiger partial charge < -0.3 is 20.9 Å². The Morgan fingerprint density at radius 1 is 1.00 bits per heavy atom. The molecule has 2 heterocycles. The van der Waals surface area contributed by atoms with Gasteiger partial charge in [0.2, 0.25) is 0 Å². The lowest BCUT2D eigenvalue weighted by atomic mass is 10.1. The molecule has 0 saturated carbocycles. The second-order valence-electron chi connectivity index (χ2n) is 4.87. The van der Waals surface area contributed by atoms with Crippen LogP contribution in [0.15, 0.2) is 6.58 Å². The van der Waals surface area contributed by atoms with Gasteiger partial charge in [0.15, 0.2) is 33.3 Å². The van der Waals surface area contributed by atoms with Crippen molar-refractivity contribution in [2.45, 2.75) is 0 Å². The van der Waals surface area contributed by atoms with Crippen LogP contribution in [0.4, 0.5) is 20.2 Å². The van der Waals surface area contributed by atoms with Crippen molar-refractivity contribution in [2.75, 3.05) is 25.7 Å². The number of hydrogen-bond donors (Lipinski definition) is 2. The van der Waals surface area contributed by atoms with Gasteiger partial charge >= 0.3 is 11.9 Å². The Kier molecular flexibility index (Phi) is 8.98. The second-order valence-corrected chi connectivity index (χ2v) is 6.67. The summed E-state index contributed by atoms with van der Waals surface area (Å²) in [4.78, 5) is 29.4. The summed E-state index contributed by atoms with van der Waals surface area (Å²) < 4.78 is 35.3. The van der Waals surface area contributed by atoms with Gasteiger partial charge in [-0.25, -0.2) is 28.3 Å². The number of hydrogen-bond acceptors (Lipinski definition) is 8. The largest absolute Gasteiger partial charge is 0.464 e. The van der Waals surface area contributed by atoms with E-state index in [4.69, 9.17) is 34.7 Å². The number of nitrogens with two attached hydrogens (primary N) is 2. The highest BCUT2D eigenvalue weighted by Gasteiger charge is 2.21. The fourth-order valence-electron chi connectivity index (χ4n) is 1.79. The fourth-order valence-corrected chi connectivity index (χ4v) is 2.74. The first kappa shape index (κ1) is 24.8. The minimum atomic E-state index is -0.876. The lowest BCUT2D eigenvalue weighted by Gasteiger charge is -2.08. The van der Waals surface area contributed by atoms with Gasteiger partial charge in [-0.1, -0.05) is 35.9 Å². The summed E-state index contributed by atoms with van der Waals surface area (Å²) in [5.74, 6) is -3.16. The number of esters is 2. The van der Waals surface area contributed by atoms with Crippen LogP contribution in [0.25, 0.3) is 6.08 Å². The predicted molar refractivity (Wildman–Crippen MR) is 113 cm³/mol. The third-order valence-corrected chi connectivity index (χ3v) is 4.80. The Labute approximate surface area is 187 Å². The predicted octanol–water partition coefficient (Wildman–Crippen LogP) is 3.73. The lowest BCUT2D eigenvalue weighted by molar-refractivity contribution is 0.0584. The van der Waals surface area contributed by atoms with Crippen molar-refractivity contribution in [3.8, 4) is 0 Å². The van der Waals surface area contributed by atoms with Crippen LogP contribution >= 0.6 is 45.8 Å². The summed E-state index contributed by atoms with van der Waals surface area (Å²) in [7, 11) is 2.36. The highest BCUT2D eigenvalue weighted by molar-refractivity contribution is 14.1. The number of pyridine rings is 2. The quantitative estimate of drug-likeness (QED) is 0.330. The van der Waals surface area contributed by atoms with Gasteiger partial charge in [-0.15, -0.1) is 0 Å². The van der Waals surface area contributed by atoms with Crippen molar-refractivity contribution in [3.05, 3.63) is 49.0 Å². The third-order valence-electron chi connectivity index (χ3n) is 3.21. The van der Waals surface area contributed by atoms with E-state index in [9.17, 15) is 18.4 Å². The Hall–Kier alpha value is -2.25. The first-order valence-corrected chi connectivity index (χ1v) is 9.08. The fraction of sp³-hybridized carbons (Fsp3) is 0.125. The van der Waals surface area contributed by atoms with Crippen LogP contribution in [-0.2, 0) is 9.47 Å². The van der Waals surface area contributed by atoms with Crippen molar-refractivity contribution in [3.63, 3.8) is 0 Å². The van der Waals surface area contributed by atoms with E-state index in [0.717, 1.165) is 0 Å². The highest BCUT2D eigenvalue weighted by Crippen LogP contribution is 2.27. The molecule has 2 rings (SSSR count). The maximum atomic E-state index is 13.2. The maximum Gasteiger partial charge on any atom is 0.357 e. The number of nitrogens with zero attached hydrogens (tertiary/aromatic N) is 2. The molecule has 29 heavy (non-hydrogen) atoms. The average Bonchev–Trinajstić information content (AvgIpc) is 2.72. The molecule has 0 unspecified atom stereocenters. The van der Waals surface area contributed by atoms with E-state index < -0.39 is 33.9 Å². The number of ether oxygens (including phenoxy) is 2. The van der Waals surface area contributed by atoms with Crippen molar-refractivity contribution in [1.82, 2.24) is 9.97 Å². The molecule has 0 aromatic carbocycles. The number of halogens is 5. The number of carbonyl (C=O) groups excluding carboxylic acids is 2. The van der Waals surface area contributed by atoms with Gasteiger partial charge in [0.05, 0.1) is 29.2 Å². The van der Waals surface area contributed by atoms with Crippen LogP contribution in [-0.4, -0.2) is 36.1 Å². The van der Waals surface area contributed by atoms with Crippen molar-refractivity contribution < 1.29 is 27.8 Å². The molecule has 2 aromatic heterocycles. The van der Waals surface area contributed by atoms with Gasteiger partial charge in [0.1, 0.15) is 0 Å². The molecule has 0 fully saturated rings. The molecule has 0 aliphatic carbocycles. The number of aromatic nitrogens is 2. The van der Waals surface area contributed by atoms with Gasteiger partial charge in [-0.05, 0) is 22.6 Å². The van der Waals surface area contributed by atoms with E-state index in [-0.39, 0.29) is 31.9 Å². The standard InChI is InChI=1S/C9H8ClFN2O2.C7H5ClFIN2O2/c1-3-4-6(12)5(11)8(10)13-7(4)9(14)15-2;1-14-7(13)5-3(10)4(11)2(9)6(8)12-5/h3H,1H2,2H3,(H2,12,13);1H3,(H2,11,12). The zero-order valence-electron chi connectivity index (χ0n) is 14.9. The Morgan fingerprint density at radius 3 is 1.86 bits per heavy atom. The van der Waals surface area contributed by atoms with E-state index in [1.807, 2.05) is 0 Å². The lowest BCUT2D eigenvalue weighted by Crippen LogP contribution is -2.11. The van der Waals surface area contributed by atoms with Crippen LogP contribution in [0, 0.1) is 15.2 Å². The van der Waals surface area contributed by atoms with Crippen molar-refractivity contribution >= 4 is 75.2 Å². The van der Waals surface area contributed by atoms with Crippen molar-refractivity contribution in [2.24, 2.45) is 0 Å². The second kappa shape index (κ2) is 10.5. The maximum absolute atomic E-state index is 13.2. The minimum Gasteiger partial charge on any atom is -0.464 e. The Morgan fingerprint density at radius 2 is 1.41 bits per heavy atom. The SMILES string of the molecule is C=Cc1c(C(=O)OC)nc(Cl)c(F)c1N.COC(=O)c1nc(Cl)c(F)c(N)c1I. The van der Waals surface area contributed by atoms with E-state index in [1.165, 1.54) is 20.3 Å². The molecule has 4 N–H and O–H groups in total. The van der Waals surface area contributed by atoms with Crippen LogP contribution < -0.4 is 11.5 Å². The summed E-state index contributed by atoms with van der Waals surface area (Å²) in [5, 5.41) is -0.915. The van der Waals surface area contributed by atoms with Gasteiger partial charge in [0, 0.05) is 5.56 Å². The zero-order valence-corrected chi connectivity index (χ0v) is 18.5. The normalized spacial score (nSPS) is 9.90. The molecule has 0 saturated heterocycles. The summed E-state index contributed by atoms with van der Waals surface area (Å²) in [6.45, 7) is 3.40. The molecule has 0 atom stereocenters. The molecular weight excluding hydrogens is 548 g/mol. The number of methoxy groups -OCH3 is 2. The molecule has 8 nitrogen and oxygen atoms in total. The highest BCUT2D eigenvalue weighted by atomic mass is 127. The molecule has 13 heteroatoms. The number of nitrogen functional groups attached to an aromatic ring is 2. The monoisotopic (exact) mass is 560 g/mol. The number of carbonyl (C=O) groups is 2. The van der Waals surface area contributed by atoms with Crippen LogP contribution in [0.2, 0.25) is 10.3 Å². The molecule has 0 aliphatic rings. The summed E-state index contributed by atoms with van der Waals surface area (Å²) in [6.07, 6.45) is 1.22. The molecule has 156 valence electrons. The summed E-state index contributed by atoms with van der Waals surface area (Å²) >= 11 is 12.6. The smallest absolute Gasteiger partial charge is 0.357 e. The van der Waals surface area contributed by atoms with Gasteiger partial charge in [0.25, 0.3) is 0 Å². The van der Waals surface area contributed by atoms with Gasteiger partial charge in [-0.3, -0.25) is 0 Å². The summed E-state index contributed by atoms with van der Waals surface area (Å²) in [6, 6.07) is 0. The summed E-state index contributed by atoms with van der Waals surface area (Å²) in [5.41, 5.74) is 10.1. The molecule has 0 bridgehead atoms. The number of rotatable bonds is 3. The molecule has 0 amide bonds. The van der Waals surface area contributed by atoms with Crippen LogP contribution in [0.3, 0.4) is 0 Å².